The molecule has 0 N–H and O–H groups in total. The Kier molecular flexibility index (Phi) is 15.7. The van der Waals surface area contributed by atoms with E-state index in [4.69, 9.17) is 4.74 Å². The van der Waals surface area contributed by atoms with Gasteiger partial charge in [0.2, 0.25) is 0 Å². The zero-order chi connectivity index (χ0) is 20.3. The molecule has 0 fully saturated rings. The van der Waals surface area contributed by atoms with Crippen molar-refractivity contribution in [2.45, 2.75) is 123 Å². The second-order valence-electron chi connectivity index (χ2n) is 8.25. The maximum Gasteiger partial charge on any atom is 0.308 e. The van der Waals surface area contributed by atoms with Gasteiger partial charge in [-0.1, -0.05) is 121 Å². The van der Waals surface area contributed by atoms with Crippen LogP contribution in [0.4, 0.5) is 0 Å². The molecule has 0 aliphatic rings. The lowest BCUT2D eigenvalue weighted by atomic mass is 10.0. The first-order chi connectivity index (χ1) is 13.7. The highest BCUT2D eigenvalue weighted by Crippen LogP contribution is 2.21. The van der Waals surface area contributed by atoms with Gasteiger partial charge in [0.05, 0.1) is 0 Å². The summed E-state index contributed by atoms with van der Waals surface area (Å²) in [5, 5.41) is 0. The molecule has 2 heteroatoms. The third-order valence-electron chi connectivity index (χ3n) is 5.53. The van der Waals surface area contributed by atoms with Crippen LogP contribution in [0.3, 0.4) is 0 Å². The highest BCUT2D eigenvalue weighted by Gasteiger charge is 2.05. The average Bonchev–Trinajstić information content (AvgIpc) is 2.68. The molecule has 160 valence electrons. The van der Waals surface area contributed by atoms with Crippen molar-refractivity contribution in [3.8, 4) is 5.75 Å². The van der Waals surface area contributed by atoms with E-state index in [1.807, 2.05) is 18.2 Å². The summed E-state index contributed by atoms with van der Waals surface area (Å²) in [5.74, 6) is 0.496. The van der Waals surface area contributed by atoms with Gasteiger partial charge >= 0.3 is 5.97 Å². The van der Waals surface area contributed by atoms with Gasteiger partial charge in [0, 0.05) is 6.92 Å². The van der Waals surface area contributed by atoms with E-state index in [-0.39, 0.29) is 5.97 Å². The Bertz CT molecular complexity index is 495. The van der Waals surface area contributed by atoms with Crippen molar-refractivity contribution in [2.75, 3.05) is 0 Å². The minimum atomic E-state index is -0.237. The monoisotopic (exact) mass is 388 g/mol. The van der Waals surface area contributed by atoms with Gasteiger partial charge in [-0.15, -0.1) is 0 Å². The summed E-state index contributed by atoms with van der Waals surface area (Å²) in [4.78, 5) is 11.2. The summed E-state index contributed by atoms with van der Waals surface area (Å²) in [5.41, 5.74) is 1.16. The van der Waals surface area contributed by atoms with Gasteiger partial charge in [0.15, 0.2) is 0 Å². The quantitative estimate of drug-likeness (QED) is 0.143. The van der Waals surface area contributed by atoms with E-state index in [0.717, 1.165) is 17.7 Å². The standard InChI is InChI=1S/C26H44O2/c1-3-4-5-6-7-8-9-10-11-12-13-14-15-16-17-18-21-25-22-19-20-23-26(25)28-24(2)27/h19-20,22-23H,3-18,21H2,1-2H3. The minimum Gasteiger partial charge on any atom is -0.426 e. The Labute approximate surface area is 174 Å². The van der Waals surface area contributed by atoms with Crippen LogP contribution in [-0.2, 0) is 11.2 Å². The molecule has 0 atom stereocenters. The summed E-state index contributed by atoms with van der Waals surface area (Å²) in [6.45, 7) is 3.75. The van der Waals surface area contributed by atoms with Crippen molar-refractivity contribution in [1.29, 1.82) is 0 Å². The molecule has 1 aromatic carbocycles. The van der Waals surface area contributed by atoms with E-state index in [1.54, 1.807) is 0 Å². The Hall–Kier alpha value is -1.31. The van der Waals surface area contributed by atoms with Crippen molar-refractivity contribution in [2.24, 2.45) is 0 Å². The van der Waals surface area contributed by atoms with Gasteiger partial charge < -0.3 is 4.74 Å². The van der Waals surface area contributed by atoms with Crippen LogP contribution in [-0.4, -0.2) is 5.97 Å². The molecule has 0 aromatic heterocycles. The minimum absolute atomic E-state index is 0.237. The molecule has 1 rings (SSSR count). The second-order valence-corrected chi connectivity index (χ2v) is 8.25. The van der Waals surface area contributed by atoms with Crippen molar-refractivity contribution < 1.29 is 9.53 Å². The van der Waals surface area contributed by atoms with Crippen LogP contribution in [0.25, 0.3) is 0 Å². The molecule has 0 amide bonds. The van der Waals surface area contributed by atoms with Crippen LogP contribution in [0.15, 0.2) is 24.3 Å². The van der Waals surface area contributed by atoms with Crippen LogP contribution < -0.4 is 4.74 Å². The number of rotatable bonds is 18. The second kappa shape index (κ2) is 17.8. The largest absolute Gasteiger partial charge is 0.426 e. The number of hydrogen-bond acceptors (Lipinski definition) is 2. The zero-order valence-electron chi connectivity index (χ0n) is 18.6. The predicted octanol–water partition coefficient (Wildman–Crippen LogP) is 8.42. The number of para-hydroxylation sites is 1. The van der Waals surface area contributed by atoms with Crippen LogP contribution in [0.1, 0.15) is 122 Å². The zero-order valence-corrected chi connectivity index (χ0v) is 18.6. The molecule has 2 nitrogen and oxygen atoms in total. The average molecular weight is 389 g/mol. The first kappa shape index (κ1) is 24.7. The fourth-order valence-electron chi connectivity index (χ4n) is 3.83. The number of carbonyl (C=O) groups excluding carboxylic acids is 1. The number of ether oxygens (including phenoxy) is 1. The molecule has 0 spiro atoms. The molecule has 0 radical (unpaired) electrons. The van der Waals surface area contributed by atoms with Crippen molar-refractivity contribution in [1.82, 2.24) is 0 Å². The Balaban J connectivity index is 1.88. The van der Waals surface area contributed by atoms with Crippen molar-refractivity contribution >= 4 is 5.97 Å². The molecular formula is C26H44O2. The lowest BCUT2D eigenvalue weighted by molar-refractivity contribution is -0.131. The number of aryl methyl sites for hydroxylation is 1. The number of benzene rings is 1. The molecule has 0 saturated heterocycles. The molecule has 0 saturated carbocycles. The summed E-state index contributed by atoms with van der Waals surface area (Å²) in [7, 11) is 0. The normalized spacial score (nSPS) is 10.9. The topological polar surface area (TPSA) is 26.3 Å². The van der Waals surface area contributed by atoms with Crippen LogP contribution in [0, 0.1) is 0 Å². The molecule has 0 unspecified atom stereocenters. The summed E-state index contributed by atoms with van der Waals surface area (Å²) < 4.78 is 5.29. The van der Waals surface area contributed by atoms with E-state index >= 15 is 0 Å². The molecule has 0 aliphatic carbocycles. The van der Waals surface area contributed by atoms with Crippen molar-refractivity contribution in [3.63, 3.8) is 0 Å². The summed E-state index contributed by atoms with van der Waals surface area (Å²) >= 11 is 0. The summed E-state index contributed by atoms with van der Waals surface area (Å²) in [6, 6.07) is 7.91. The van der Waals surface area contributed by atoms with Gasteiger partial charge in [-0.3, -0.25) is 4.79 Å². The van der Waals surface area contributed by atoms with E-state index in [0.29, 0.717) is 0 Å². The van der Waals surface area contributed by atoms with Gasteiger partial charge in [-0.2, -0.15) is 0 Å². The highest BCUT2D eigenvalue weighted by atomic mass is 16.5. The Morgan fingerprint density at radius 3 is 1.57 bits per heavy atom. The number of unbranched alkanes of at least 4 members (excludes halogenated alkanes) is 15. The number of esters is 1. The van der Waals surface area contributed by atoms with Crippen LogP contribution >= 0.6 is 0 Å². The lowest BCUT2D eigenvalue weighted by Crippen LogP contribution is -2.03. The number of hydrogen-bond donors (Lipinski definition) is 0. The van der Waals surface area contributed by atoms with Gasteiger partial charge in [-0.25, -0.2) is 0 Å². The van der Waals surface area contributed by atoms with Gasteiger partial charge in [0.25, 0.3) is 0 Å². The Morgan fingerprint density at radius 1 is 0.679 bits per heavy atom. The molecule has 0 bridgehead atoms. The maximum atomic E-state index is 11.2. The molecular weight excluding hydrogens is 344 g/mol. The van der Waals surface area contributed by atoms with E-state index < -0.39 is 0 Å². The number of carbonyl (C=O) groups is 1. The van der Waals surface area contributed by atoms with E-state index in [1.165, 1.54) is 110 Å². The smallest absolute Gasteiger partial charge is 0.308 e. The lowest BCUT2D eigenvalue weighted by Gasteiger charge is -2.08. The fraction of sp³-hybridized carbons (Fsp3) is 0.731. The first-order valence-electron chi connectivity index (χ1n) is 12.0. The third-order valence-corrected chi connectivity index (χ3v) is 5.53. The van der Waals surface area contributed by atoms with Crippen LogP contribution in [0.5, 0.6) is 5.75 Å². The van der Waals surface area contributed by atoms with E-state index in [2.05, 4.69) is 13.0 Å². The van der Waals surface area contributed by atoms with Crippen molar-refractivity contribution in [3.05, 3.63) is 29.8 Å². The molecule has 0 aliphatic heterocycles. The Morgan fingerprint density at radius 2 is 1.11 bits per heavy atom. The fourth-order valence-corrected chi connectivity index (χ4v) is 3.83. The van der Waals surface area contributed by atoms with E-state index in [9.17, 15) is 4.79 Å². The molecule has 1 aromatic rings. The van der Waals surface area contributed by atoms with Gasteiger partial charge in [0.1, 0.15) is 5.75 Å². The van der Waals surface area contributed by atoms with Crippen LogP contribution in [0.2, 0.25) is 0 Å². The third kappa shape index (κ3) is 13.8. The molecule has 0 heterocycles. The predicted molar refractivity (Wildman–Crippen MR) is 121 cm³/mol. The summed E-state index contributed by atoms with van der Waals surface area (Å²) in [6.07, 6.45) is 23.2. The maximum absolute atomic E-state index is 11.2. The van der Waals surface area contributed by atoms with Gasteiger partial charge in [-0.05, 0) is 24.5 Å². The molecule has 28 heavy (non-hydrogen) atoms. The SMILES string of the molecule is CCCCCCCCCCCCCCCCCCc1ccccc1OC(C)=O. The first-order valence-corrected chi connectivity index (χ1v) is 12.0. The highest BCUT2D eigenvalue weighted by molar-refractivity contribution is 5.69.